The second-order valence-corrected chi connectivity index (χ2v) is 8.17. The van der Waals surface area contributed by atoms with Gasteiger partial charge in [0.25, 0.3) is 0 Å². The van der Waals surface area contributed by atoms with Crippen LogP contribution < -0.4 is 0 Å². The summed E-state index contributed by atoms with van der Waals surface area (Å²) < 4.78 is 0. The maximum atomic E-state index is 6.43. The molecule has 3 heteroatoms. The Morgan fingerprint density at radius 3 is 2.24 bits per heavy atom. The third kappa shape index (κ3) is 3.23. The molecule has 1 fully saturated rings. The molecule has 0 atom stereocenters. The molecule has 0 amide bonds. The van der Waals surface area contributed by atoms with E-state index in [-0.39, 0.29) is 17.8 Å². The van der Waals surface area contributed by atoms with Crippen LogP contribution in [0.5, 0.6) is 0 Å². The minimum Gasteiger partial charge on any atom is -0.306 e. The monoisotopic (exact) mass is 375 g/mol. The minimum atomic E-state index is 0. The van der Waals surface area contributed by atoms with Gasteiger partial charge >= 0.3 is 0 Å². The molecular formula is C22H27Cl2N. The molecule has 0 unspecified atom stereocenters. The van der Waals surface area contributed by atoms with E-state index >= 15 is 0 Å². The molecule has 2 aromatic rings. The molecule has 4 rings (SSSR count). The maximum Gasteiger partial charge on any atom is 0.0409 e. The van der Waals surface area contributed by atoms with E-state index in [0.29, 0.717) is 6.04 Å². The van der Waals surface area contributed by atoms with Crippen molar-refractivity contribution >= 4 is 24.0 Å². The van der Waals surface area contributed by atoms with Crippen molar-refractivity contribution in [1.82, 2.24) is 4.90 Å². The predicted molar refractivity (Wildman–Crippen MR) is 109 cm³/mol. The highest BCUT2D eigenvalue weighted by Gasteiger charge is 2.42. The molecule has 25 heavy (non-hydrogen) atoms. The second-order valence-electron chi connectivity index (χ2n) is 7.74. The Balaban J connectivity index is 0.00000182. The molecule has 1 spiro atoms. The van der Waals surface area contributed by atoms with Crippen molar-refractivity contribution < 1.29 is 0 Å². The van der Waals surface area contributed by atoms with Crippen molar-refractivity contribution in [1.29, 1.82) is 0 Å². The molecule has 0 heterocycles. The van der Waals surface area contributed by atoms with Crippen LogP contribution in [0.4, 0.5) is 0 Å². The third-order valence-electron chi connectivity index (χ3n) is 6.32. The van der Waals surface area contributed by atoms with Crippen molar-refractivity contribution in [3.05, 3.63) is 69.7 Å². The topological polar surface area (TPSA) is 3.24 Å². The van der Waals surface area contributed by atoms with Crippen molar-refractivity contribution in [3.63, 3.8) is 0 Å². The lowest BCUT2D eigenvalue weighted by Gasteiger charge is -2.44. The molecule has 134 valence electrons. The van der Waals surface area contributed by atoms with Gasteiger partial charge in [0.05, 0.1) is 0 Å². The zero-order chi connectivity index (χ0) is 16.7. The van der Waals surface area contributed by atoms with Gasteiger partial charge in [-0.1, -0.05) is 41.9 Å². The fourth-order valence-electron chi connectivity index (χ4n) is 4.98. The van der Waals surface area contributed by atoms with Crippen LogP contribution in [0.2, 0.25) is 5.02 Å². The Kier molecular flexibility index (Phi) is 5.48. The van der Waals surface area contributed by atoms with Crippen LogP contribution in [0.25, 0.3) is 0 Å². The lowest BCUT2D eigenvalue weighted by Crippen LogP contribution is -2.40. The van der Waals surface area contributed by atoms with Crippen molar-refractivity contribution in [2.45, 2.75) is 50.0 Å². The van der Waals surface area contributed by atoms with Crippen LogP contribution in [-0.4, -0.2) is 25.0 Å². The van der Waals surface area contributed by atoms with E-state index in [1.54, 1.807) is 5.56 Å². The van der Waals surface area contributed by atoms with E-state index in [9.17, 15) is 0 Å². The lowest BCUT2D eigenvalue weighted by atomic mass is 9.63. The highest BCUT2D eigenvalue weighted by Crippen LogP contribution is 2.50. The van der Waals surface area contributed by atoms with Gasteiger partial charge in [-0.25, -0.2) is 0 Å². The summed E-state index contributed by atoms with van der Waals surface area (Å²) in [6.07, 6.45) is 7.23. The average Bonchev–Trinajstić information content (AvgIpc) is 2.72. The van der Waals surface area contributed by atoms with Crippen molar-refractivity contribution in [2.24, 2.45) is 0 Å². The number of benzene rings is 2. The second kappa shape index (κ2) is 7.31. The van der Waals surface area contributed by atoms with E-state index in [2.05, 4.69) is 61.5 Å². The van der Waals surface area contributed by atoms with E-state index < -0.39 is 0 Å². The quantitative estimate of drug-likeness (QED) is 0.622. The van der Waals surface area contributed by atoms with E-state index in [0.717, 1.165) is 17.9 Å². The van der Waals surface area contributed by atoms with E-state index in [4.69, 9.17) is 11.6 Å². The molecule has 0 aliphatic heterocycles. The van der Waals surface area contributed by atoms with Crippen LogP contribution in [-0.2, 0) is 18.3 Å². The molecule has 0 radical (unpaired) electrons. The fourth-order valence-corrected chi connectivity index (χ4v) is 5.15. The smallest absolute Gasteiger partial charge is 0.0409 e. The summed E-state index contributed by atoms with van der Waals surface area (Å²) in [5.74, 6) is 0. The molecule has 1 nitrogen and oxygen atoms in total. The Labute approximate surface area is 162 Å². The maximum absolute atomic E-state index is 6.43. The van der Waals surface area contributed by atoms with E-state index in [1.807, 2.05) is 0 Å². The zero-order valence-corrected chi connectivity index (χ0v) is 16.7. The standard InChI is InChI=1S/C22H26ClN.ClH/c1-24(2)19-11-13-22(14-12-19)20-6-4-3-5-16(20)7-8-17-9-10-18(23)15-21(17)22;/h3-6,9-10,15,19H,7-8,11-14H2,1-2H3;1H. The minimum absolute atomic E-state index is 0. The third-order valence-corrected chi connectivity index (χ3v) is 6.56. The first-order valence-corrected chi connectivity index (χ1v) is 9.52. The average molecular weight is 376 g/mol. The number of hydrogen-bond acceptors (Lipinski definition) is 1. The molecular weight excluding hydrogens is 349 g/mol. The number of halogens is 2. The van der Waals surface area contributed by atoms with Crippen LogP contribution in [0.3, 0.4) is 0 Å². The molecule has 2 aromatic carbocycles. The molecule has 1 saturated carbocycles. The summed E-state index contributed by atoms with van der Waals surface area (Å²) in [7, 11) is 4.43. The number of aryl methyl sites for hydroxylation is 2. The number of hydrogen-bond donors (Lipinski definition) is 0. The van der Waals surface area contributed by atoms with E-state index in [1.165, 1.54) is 42.4 Å². The van der Waals surface area contributed by atoms with Gasteiger partial charge in [0.1, 0.15) is 0 Å². The van der Waals surface area contributed by atoms with Crippen LogP contribution in [0.1, 0.15) is 47.9 Å². The summed E-state index contributed by atoms with van der Waals surface area (Å²) in [6.45, 7) is 0. The first-order valence-electron chi connectivity index (χ1n) is 9.14. The summed E-state index contributed by atoms with van der Waals surface area (Å²) in [4.78, 5) is 2.40. The number of rotatable bonds is 1. The number of fused-ring (bicyclic) bond motifs is 4. The highest BCUT2D eigenvalue weighted by molar-refractivity contribution is 6.30. The molecule has 2 aliphatic rings. The molecule has 0 N–H and O–H groups in total. The Bertz CT molecular complexity index is 745. The summed E-state index contributed by atoms with van der Waals surface area (Å²) >= 11 is 6.43. The fraction of sp³-hybridized carbons (Fsp3) is 0.455. The predicted octanol–water partition coefficient (Wildman–Crippen LogP) is 5.65. The summed E-state index contributed by atoms with van der Waals surface area (Å²) in [5, 5.41) is 0.877. The first-order chi connectivity index (χ1) is 11.6. The van der Waals surface area contributed by atoms with Crippen LogP contribution in [0, 0.1) is 0 Å². The molecule has 0 bridgehead atoms. The normalized spacial score (nSPS) is 25.0. The van der Waals surface area contributed by atoms with Crippen molar-refractivity contribution in [3.8, 4) is 0 Å². The molecule has 2 aliphatic carbocycles. The molecule has 0 aromatic heterocycles. The Hall–Kier alpha value is -1.02. The van der Waals surface area contributed by atoms with Gasteiger partial charge in [-0.05, 0) is 87.0 Å². The van der Waals surface area contributed by atoms with Gasteiger partial charge in [0, 0.05) is 16.5 Å². The largest absolute Gasteiger partial charge is 0.306 e. The van der Waals surface area contributed by atoms with Crippen LogP contribution >= 0.6 is 24.0 Å². The summed E-state index contributed by atoms with van der Waals surface area (Å²) in [5.41, 5.74) is 6.24. The van der Waals surface area contributed by atoms with Gasteiger partial charge in [-0.2, -0.15) is 0 Å². The Morgan fingerprint density at radius 2 is 1.56 bits per heavy atom. The summed E-state index contributed by atoms with van der Waals surface area (Å²) in [6, 6.07) is 16.4. The zero-order valence-electron chi connectivity index (χ0n) is 15.1. The van der Waals surface area contributed by atoms with Gasteiger partial charge in [0.15, 0.2) is 0 Å². The highest BCUT2D eigenvalue weighted by atomic mass is 35.5. The van der Waals surface area contributed by atoms with Gasteiger partial charge in [-0.3, -0.25) is 0 Å². The van der Waals surface area contributed by atoms with Crippen molar-refractivity contribution in [2.75, 3.05) is 14.1 Å². The molecule has 0 saturated heterocycles. The first kappa shape index (κ1) is 18.8. The SMILES string of the molecule is CN(C)C1CCC2(CC1)c1ccccc1CCc1ccc(Cl)cc12.Cl. The van der Waals surface area contributed by atoms with Gasteiger partial charge < -0.3 is 4.90 Å². The lowest BCUT2D eigenvalue weighted by molar-refractivity contribution is 0.189. The van der Waals surface area contributed by atoms with Crippen LogP contribution in [0.15, 0.2) is 42.5 Å². The van der Waals surface area contributed by atoms with Gasteiger partial charge in [0.2, 0.25) is 0 Å². The van der Waals surface area contributed by atoms with Gasteiger partial charge in [-0.15, -0.1) is 12.4 Å². The number of nitrogens with zero attached hydrogens (tertiary/aromatic N) is 1. The Morgan fingerprint density at radius 1 is 0.920 bits per heavy atom.